The van der Waals surface area contributed by atoms with Crippen LogP contribution in [0.2, 0.25) is 0 Å². The molecule has 22 heavy (non-hydrogen) atoms. The van der Waals surface area contributed by atoms with E-state index in [0.29, 0.717) is 0 Å². The Morgan fingerprint density at radius 2 is 1.59 bits per heavy atom. The summed E-state index contributed by atoms with van der Waals surface area (Å²) in [7, 11) is 2.14. The molecule has 0 aliphatic carbocycles. The van der Waals surface area contributed by atoms with Gasteiger partial charge in [-0.25, -0.2) is 0 Å². The van der Waals surface area contributed by atoms with Gasteiger partial charge in [0, 0.05) is 6.54 Å². The zero-order valence-electron chi connectivity index (χ0n) is 14.9. The maximum absolute atomic E-state index is 10.3. The van der Waals surface area contributed by atoms with Crippen molar-refractivity contribution in [1.82, 2.24) is 4.90 Å². The zero-order valence-corrected chi connectivity index (χ0v) is 14.9. The monoisotopic (exact) mass is 305 g/mol. The van der Waals surface area contributed by atoms with E-state index in [1.807, 2.05) is 0 Å². The average molecular weight is 306 g/mol. The van der Waals surface area contributed by atoms with Crippen LogP contribution in [0, 0.1) is 0 Å². The van der Waals surface area contributed by atoms with Gasteiger partial charge in [-0.15, -0.1) is 0 Å². The van der Waals surface area contributed by atoms with Gasteiger partial charge in [-0.2, -0.15) is 0 Å². The fourth-order valence-electron chi connectivity index (χ4n) is 2.71. The van der Waals surface area contributed by atoms with Crippen molar-refractivity contribution in [1.29, 1.82) is 0 Å². The quantitative estimate of drug-likeness (QED) is 0.551. The second kappa shape index (κ2) is 11.7. The van der Waals surface area contributed by atoms with Crippen molar-refractivity contribution in [3.05, 3.63) is 35.4 Å². The van der Waals surface area contributed by atoms with Crippen molar-refractivity contribution in [3.8, 4) is 0 Å². The Labute approximate surface area is 137 Å². The molecule has 1 aromatic rings. The van der Waals surface area contributed by atoms with Crippen molar-refractivity contribution in [2.75, 3.05) is 20.1 Å². The first-order valence-electron chi connectivity index (χ1n) is 9.12. The molecule has 0 fully saturated rings. The maximum Gasteiger partial charge on any atom is 0.0802 e. The fourth-order valence-corrected chi connectivity index (χ4v) is 2.71. The number of aliphatic hydroxyl groups excluding tert-OH is 1. The van der Waals surface area contributed by atoms with Crippen LogP contribution in [0.15, 0.2) is 24.3 Å². The van der Waals surface area contributed by atoms with E-state index in [2.05, 4.69) is 50.1 Å². The molecule has 0 spiro atoms. The molecule has 1 rings (SSSR count). The second-order valence-corrected chi connectivity index (χ2v) is 6.51. The summed E-state index contributed by atoms with van der Waals surface area (Å²) in [5.41, 5.74) is 2.45. The standard InChI is InChI=1S/C20H35NO/c1-4-6-8-9-10-18-11-13-19(14-12-18)20(22)15-17-21(3)16-7-5-2/h11-14,20,22H,4-10,15-17H2,1-3H3. The van der Waals surface area contributed by atoms with Crippen molar-refractivity contribution < 1.29 is 5.11 Å². The molecule has 1 atom stereocenters. The third kappa shape index (κ3) is 7.95. The summed E-state index contributed by atoms with van der Waals surface area (Å²) in [6, 6.07) is 8.58. The second-order valence-electron chi connectivity index (χ2n) is 6.51. The van der Waals surface area contributed by atoms with Gasteiger partial charge >= 0.3 is 0 Å². The number of hydrogen-bond acceptors (Lipinski definition) is 2. The van der Waals surface area contributed by atoms with Gasteiger partial charge in [0.05, 0.1) is 6.10 Å². The summed E-state index contributed by atoms with van der Waals surface area (Å²) in [6.45, 7) is 6.54. The molecular weight excluding hydrogens is 270 g/mol. The molecule has 0 heterocycles. The maximum atomic E-state index is 10.3. The highest BCUT2D eigenvalue weighted by Crippen LogP contribution is 2.18. The Kier molecular flexibility index (Phi) is 10.2. The lowest BCUT2D eigenvalue weighted by Crippen LogP contribution is -2.22. The molecular formula is C20H35NO. The van der Waals surface area contributed by atoms with Crippen LogP contribution in [-0.4, -0.2) is 30.1 Å². The first-order valence-corrected chi connectivity index (χ1v) is 9.12. The SMILES string of the molecule is CCCCCCc1ccc(C(O)CCN(C)CCCC)cc1. The molecule has 126 valence electrons. The van der Waals surface area contributed by atoms with Gasteiger partial charge in [-0.3, -0.25) is 0 Å². The first kappa shape index (κ1) is 19.2. The van der Waals surface area contributed by atoms with Crippen molar-refractivity contribution in [3.63, 3.8) is 0 Å². The summed E-state index contributed by atoms with van der Waals surface area (Å²) in [6.07, 6.45) is 9.33. The summed E-state index contributed by atoms with van der Waals surface area (Å²) in [4.78, 5) is 2.31. The Balaban J connectivity index is 2.32. The van der Waals surface area contributed by atoms with Gasteiger partial charge in [0.15, 0.2) is 0 Å². The van der Waals surface area contributed by atoms with Crippen molar-refractivity contribution in [2.45, 2.75) is 71.3 Å². The van der Waals surface area contributed by atoms with Crippen LogP contribution in [0.25, 0.3) is 0 Å². The number of benzene rings is 1. The Bertz CT molecular complexity index is 374. The topological polar surface area (TPSA) is 23.5 Å². The number of rotatable bonds is 12. The number of nitrogens with zero attached hydrogens (tertiary/aromatic N) is 1. The van der Waals surface area contributed by atoms with E-state index in [1.165, 1.54) is 44.1 Å². The Hall–Kier alpha value is -0.860. The molecule has 1 aromatic carbocycles. The predicted octanol–water partition coefficient (Wildman–Crippen LogP) is 4.96. The Morgan fingerprint density at radius 1 is 0.909 bits per heavy atom. The molecule has 1 unspecified atom stereocenters. The highest BCUT2D eigenvalue weighted by atomic mass is 16.3. The molecule has 0 saturated heterocycles. The summed E-state index contributed by atoms with van der Waals surface area (Å²) in [5, 5.41) is 10.3. The number of aliphatic hydroxyl groups is 1. The van der Waals surface area contributed by atoms with E-state index in [1.54, 1.807) is 0 Å². The Morgan fingerprint density at radius 3 is 2.23 bits per heavy atom. The van der Waals surface area contributed by atoms with E-state index < -0.39 is 0 Å². The number of aryl methyl sites for hydroxylation is 1. The first-order chi connectivity index (χ1) is 10.7. The minimum atomic E-state index is -0.335. The van der Waals surface area contributed by atoms with Crippen LogP contribution in [0.1, 0.15) is 76.0 Å². The highest BCUT2D eigenvalue weighted by molar-refractivity contribution is 5.24. The lowest BCUT2D eigenvalue weighted by Gasteiger charge is -2.19. The predicted molar refractivity (Wildman–Crippen MR) is 96.3 cm³/mol. The van der Waals surface area contributed by atoms with Gasteiger partial charge < -0.3 is 10.0 Å². The zero-order chi connectivity index (χ0) is 16.2. The van der Waals surface area contributed by atoms with Gasteiger partial charge in [0.1, 0.15) is 0 Å². The molecule has 0 bridgehead atoms. The largest absolute Gasteiger partial charge is 0.388 e. The highest BCUT2D eigenvalue weighted by Gasteiger charge is 2.09. The fraction of sp³-hybridized carbons (Fsp3) is 0.700. The molecule has 0 saturated carbocycles. The molecule has 0 amide bonds. The van der Waals surface area contributed by atoms with E-state index in [9.17, 15) is 5.11 Å². The summed E-state index contributed by atoms with van der Waals surface area (Å²) >= 11 is 0. The third-order valence-electron chi connectivity index (χ3n) is 4.36. The number of hydrogen-bond donors (Lipinski definition) is 1. The van der Waals surface area contributed by atoms with Crippen LogP contribution >= 0.6 is 0 Å². The lowest BCUT2D eigenvalue weighted by molar-refractivity contribution is 0.149. The summed E-state index contributed by atoms with van der Waals surface area (Å²) < 4.78 is 0. The normalized spacial score (nSPS) is 12.8. The minimum absolute atomic E-state index is 0.335. The molecule has 2 heteroatoms. The van der Waals surface area contributed by atoms with Crippen LogP contribution in [0.3, 0.4) is 0 Å². The van der Waals surface area contributed by atoms with Crippen LogP contribution in [-0.2, 0) is 6.42 Å². The summed E-state index contributed by atoms with van der Waals surface area (Å²) in [5.74, 6) is 0. The van der Waals surface area contributed by atoms with Crippen LogP contribution < -0.4 is 0 Å². The minimum Gasteiger partial charge on any atom is -0.388 e. The lowest BCUT2D eigenvalue weighted by atomic mass is 10.0. The van der Waals surface area contributed by atoms with Crippen molar-refractivity contribution >= 4 is 0 Å². The molecule has 0 radical (unpaired) electrons. The molecule has 0 aromatic heterocycles. The van der Waals surface area contributed by atoms with Crippen molar-refractivity contribution in [2.24, 2.45) is 0 Å². The van der Waals surface area contributed by atoms with Crippen LogP contribution in [0.4, 0.5) is 0 Å². The van der Waals surface area contributed by atoms with Gasteiger partial charge in [-0.1, -0.05) is 63.8 Å². The number of unbranched alkanes of at least 4 members (excludes halogenated alkanes) is 4. The van der Waals surface area contributed by atoms with Gasteiger partial charge in [-0.05, 0) is 50.4 Å². The molecule has 1 N–H and O–H groups in total. The molecule has 2 nitrogen and oxygen atoms in total. The van der Waals surface area contributed by atoms with E-state index >= 15 is 0 Å². The third-order valence-corrected chi connectivity index (χ3v) is 4.36. The van der Waals surface area contributed by atoms with Gasteiger partial charge in [0.2, 0.25) is 0 Å². The van der Waals surface area contributed by atoms with E-state index in [-0.39, 0.29) is 6.10 Å². The molecule has 0 aliphatic rings. The molecule has 0 aliphatic heterocycles. The van der Waals surface area contributed by atoms with Gasteiger partial charge in [0.25, 0.3) is 0 Å². The van der Waals surface area contributed by atoms with Crippen LogP contribution in [0.5, 0.6) is 0 Å². The smallest absolute Gasteiger partial charge is 0.0802 e. The van der Waals surface area contributed by atoms with E-state index in [0.717, 1.165) is 31.5 Å². The average Bonchev–Trinajstić information content (AvgIpc) is 2.55. The van der Waals surface area contributed by atoms with E-state index in [4.69, 9.17) is 0 Å².